The summed E-state index contributed by atoms with van der Waals surface area (Å²) in [7, 11) is -3.44. The number of nitrogens with two attached hydrogens (primary N) is 1. The van der Waals surface area contributed by atoms with E-state index in [1.807, 2.05) is 13.8 Å². The highest BCUT2D eigenvalue weighted by molar-refractivity contribution is 7.89. The molecule has 17 heavy (non-hydrogen) atoms. The molecule has 1 atom stereocenters. The fourth-order valence-corrected chi connectivity index (χ4v) is 2.33. The summed E-state index contributed by atoms with van der Waals surface area (Å²) in [4.78, 5) is 0.189. The fraction of sp³-hybridized carbons (Fsp3) is 0.700. The van der Waals surface area contributed by atoms with Crippen molar-refractivity contribution in [3.8, 4) is 0 Å². The van der Waals surface area contributed by atoms with Crippen LogP contribution in [0.15, 0.2) is 17.3 Å². The van der Waals surface area contributed by atoms with Gasteiger partial charge in [-0.2, -0.15) is 5.10 Å². The summed E-state index contributed by atoms with van der Waals surface area (Å²) in [5.74, 6) is 0.323. The second kappa shape index (κ2) is 6.13. The van der Waals surface area contributed by atoms with Gasteiger partial charge in [-0.25, -0.2) is 13.1 Å². The molecule has 98 valence electrons. The van der Waals surface area contributed by atoms with E-state index in [-0.39, 0.29) is 4.90 Å². The summed E-state index contributed by atoms with van der Waals surface area (Å²) in [6, 6.07) is 0. The first kappa shape index (κ1) is 14.1. The van der Waals surface area contributed by atoms with Crippen molar-refractivity contribution in [2.24, 2.45) is 11.7 Å². The maximum Gasteiger partial charge on any atom is 0.243 e. The van der Waals surface area contributed by atoms with Crippen LogP contribution in [0.4, 0.5) is 0 Å². The van der Waals surface area contributed by atoms with Crippen LogP contribution in [0.3, 0.4) is 0 Å². The van der Waals surface area contributed by atoms with Crippen LogP contribution in [0, 0.1) is 5.92 Å². The van der Waals surface area contributed by atoms with Crippen LogP contribution in [-0.4, -0.2) is 31.3 Å². The summed E-state index contributed by atoms with van der Waals surface area (Å²) in [6.45, 7) is 5.42. The molecule has 0 saturated heterocycles. The number of hydrogen-bond donors (Lipinski definition) is 2. The van der Waals surface area contributed by atoms with Crippen molar-refractivity contribution in [1.29, 1.82) is 0 Å². The molecule has 1 rings (SSSR count). The molecule has 7 heteroatoms. The SMILES string of the molecule is CCC(C)CNS(=O)(=O)c1cnn(CCN)c1. The van der Waals surface area contributed by atoms with Crippen molar-refractivity contribution < 1.29 is 8.42 Å². The highest BCUT2D eigenvalue weighted by Crippen LogP contribution is 2.08. The molecular weight excluding hydrogens is 240 g/mol. The van der Waals surface area contributed by atoms with Gasteiger partial charge in [0, 0.05) is 19.3 Å². The lowest BCUT2D eigenvalue weighted by Gasteiger charge is -2.09. The average molecular weight is 260 g/mol. The van der Waals surface area contributed by atoms with Gasteiger partial charge in [-0.05, 0) is 5.92 Å². The lowest BCUT2D eigenvalue weighted by Crippen LogP contribution is -2.28. The molecule has 0 aliphatic rings. The van der Waals surface area contributed by atoms with Gasteiger partial charge < -0.3 is 5.73 Å². The van der Waals surface area contributed by atoms with E-state index in [0.29, 0.717) is 25.6 Å². The first-order chi connectivity index (χ1) is 7.99. The Morgan fingerprint density at radius 1 is 1.59 bits per heavy atom. The predicted octanol–water partition coefficient (Wildman–Crippen LogP) is 0.166. The van der Waals surface area contributed by atoms with E-state index in [1.54, 1.807) is 0 Å². The molecule has 1 aromatic heterocycles. The van der Waals surface area contributed by atoms with Gasteiger partial charge in [0.25, 0.3) is 0 Å². The Kier molecular flexibility index (Phi) is 5.10. The molecule has 0 saturated carbocycles. The van der Waals surface area contributed by atoms with Gasteiger partial charge in [0.1, 0.15) is 4.90 Å². The van der Waals surface area contributed by atoms with E-state index >= 15 is 0 Å². The summed E-state index contributed by atoms with van der Waals surface area (Å²) in [5.41, 5.74) is 5.37. The minimum Gasteiger partial charge on any atom is -0.329 e. The third-order valence-electron chi connectivity index (χ3n) is 2.60. The number of nitrogens with zero attached hydrogens (tertiary/aromatic N) is 2. The van der Waals surface area contributed by atoms with E-state index in [2.05, 4.69) is 9.82 Å². The molecule has 0 aromatic carbocycles. The van der Waals surface area contributed by atoms with Gasteiger partial charge in [-0.1, -0.05) is 20.3 Å². The smallest absolute Gasteiger partial charge is 0.243 e. The summed E-state index contributed by atoms with van der Waals surface area (Å²) < 4.78 is 27.8. The van der Waals surface area contributed by atoms with E-state index in [0.717, 1.165) is 6.42 Å². The predicted molar refractivity (Wildman–Crippen MR) is 65.9 cm³/mol. The van der Waals surface area contributed by atoms with Crippen molar-refractivity contribution in [3.63, 3.8) is 0 Å². The Hall–Kier alpha value is -0.920. The summed E-state index contributed by atoms with van der Waals surface area (Å²) in [5, 5.41) is 3.94. The van der Waals surface area contributed by atoms with Gasteiger partial charge in [-0.15, -0.1) is 0 Å². The topological polar surface area (TPSA) is 90.0 Å². The third-order valence-corrected chi connectivity index (χ3v) is 3.97. The highest BCUT2D eigenvalue weighted by atomic mass is 32.2. The van der Waals surface area contributed by atoms with E-state index in [1.165, 1.54) is 17.1 Å². The van der Waals surface area contributed by atoms with E-state index in [9.17, 15) is 8.42 Å². The Labute approximate surface area is 102 Å². The van der Waals surface area contributed by atoms with Crippen LogP contribution < -0.4 is 10.5 Å². The molecule has 0 radical (unpaired) electrons. The second-order valence-corrected chi connectivity index (χ2v) is 5.86. The van der Waals surface area contributed by atoms with Crippen molar-refractivity contribution >= 4 is 10.0 Å². The number of nitrogens with one attached hydrogen (secondary N) is 1. The van der Waals surface area contributed by atoms with Crippen molar-refractivity contribution in [1.82, 2.24) is 14.5 Å². The fourth-order valence-electron chi connectivity index (χ4n) is 1.22. The largest absolute Gasteiger partial charge is 0.329 e. The standard InChI is InChI=1S/C10H20N4O2S/c1-3-9(2)6-13-17(15,16)10-7-12-14(8-10)5-4-11/h7-9,13H,3-6,11H2,1-2H3. The Bertz CT molecular complexity index is 441. The number of sulfonamides is 1. The van der Waals surface area contributed by atoms with E-state index in [4.69, 9.17) is 5.73 Å². The molecule has 0 spiro atoms. The number of hydrogen-bond acceptors (Lipinski definition) is 4. The van der Waals surface area contributed by atoms with E-state index < -0.39 is 10.0 Å². The first-order valence-corrected chi connectivity index (χ1v) is 7.20. The molecule has 1 aromatic rings. The zero-order valence-electron chi connectivity index (χ0n) is 10.3. The van der Waals surface area contributed by atoms with Gasteiger partial charge >= 0.3 is 0 Å². The Balaban J connectivity index is 2.68. The summed E-state index contributed by atoms with van der Waals surface area (Å²) in [6.07, 6.45) is 3.77. The van der Waals surface area contributed by atoms with Gasteiger partial charge in [0.05, 0.1) is 12.7 Å². The molecule has 1 unspecified atom stereocenters. The molecule has 0 aliphatic heterocycles. The molecule has 0 aliphatic carbocycles. The quantitative estimate of drug-likeness (QED) is 0.731. The van der Waals surface area contributed by atoms with Crippen LogP contribution in [-0.2, 0) is 16.6 Å². The molecule has 6 nitrogen and oxygen atoms in total. The average Bonchev–Trinajstić information content (AvgIpc) is 2.76. The van der Waals surface area contributed by atoms with Crippen LogP contribution in [0.5, 0.6) is 0 Å². The minimum atomic E-state index is -3.44. The van der Waals surface area contributed by atoms with Crippen LogP contribution in [0.25, 0.3) is 0 Å². The third kappa shape index (κ3) is 4.10. The zero-order valence-corrected chi connectivity index (χ0v) is 11.1. The lowest BCUT2D eigenvalue weighted by atomic mass is 10.1. The van der Waals surface area contributed by atoms with Gasteiger partial charge in [0.15, 0.2) is 0 Å². The molecule has 3 N–H and O–H groups in total. The van der Waals surface area contributed by atoms with Gasteiger partial charge in [-0.3, -0.25) is 4.68 Å². The van der Waals surface area contributed by atoms with Crippen molar-refractivity contribution in [3.05, 3.63) is 12.4 Å². The highest BCUT2D eigenvalue weighted by Gasteiger charge is 2.16. The Morgan fingerprint density at radius 2 is 2.29 bits per heavy atom. The molecule has 1 heterocycles. The minimum absolute atomic E-state index is 0.189. The molecule has 0 fully saturated rings. The maximum atomic E-state index is 11.9. The summed E-state index contributed by atoms with van der Waals surface area (Å²) >= 11 is 0. The first-order valence-electron chi connectivity index (χ1n) is 5.71. The van der Waals surface area contributed by atoms with Crippen LogP contribution >= 0.6 is 0 Å². The lowest BCUT2D eigenvalue weighted by molar-refractivity contribution is 0.528. The number of aromatic nitrogens is 2. The monoisotopic (exact) mass is 260 g/mol. The zero-order chi connectivity index (χ0) is 12.9. The Morgan fingerprint density at radius 3 is 2.88 bits per heavy atom. The molecule has 0 bridgehead atoms. The number of rotatable bonds is 7. The maximum absolute atomic E-state index is 11.9. The molecular formula is C10H20N4O2S. The van der Waals surface area contributed by atoms with Crippen LogP contribution in [0.1, 0.15) is 20.3 Å². The van der Waals surface area contributed by atoms with Crippen molar-refractivity contribution in [2.75, 3.05) is 13.1 Å². The van der Waals surface area contributed by atoms with Crippen molar-refractivity contribution in [2.45, 2.75) is 31.7 Å². The second-order valence-electron chi connectivity index (χ2n) is 4.09. The normalized spacial score (nSPS) is 13.8. The van der Waals surface area contributed by atoms with Crippen LogP contribution in [0.2, 0.25) is 0 Å². The molecule has 0 amide bonds. The van der Waals surface area contributed by atoms with Gasteiger partial charge in [0.2, 0.25) is 10.0 Å².